The molecule has 0 unspecified atom stereocenters. The molecule has 0 radical (unpaired) electrons. The van der Waals surface area contributed by atoms with Crippen LogP contribution in [0.2, 0.25) is 0 Å². The van der Waals surface area contributed by atoms with Gasteiger partial charge in [0, 0.05) is 24.4 Å². The summed E-state index contributed by atoms with van der Waals surface area (Å²) in [5.41, 5.74) is -2.34. The van der Waals surface area contributed by atoms with Gasteiger partial charge in [-0.15, -0.1) is 0 Å². The Morgan fingerprint density at radius 3 is 2.43 bits per heavy atom. The lowest BCUT2D eigenvalue weighted by molar-refractivity contribution is -0.385. The minimum Gasteiger partial charge on any atom is -0.383 e. The van der Waals surface area contributed by atoms with Crippen molar-refractivity contribution >= 4 is 21.4 Å². The van der Waals surface area contributed by atoms with E-state index in [9.17, 15) is 31.7 Å². The molecule has 0 aliphatic rings. The van der Waals surface area contributed by atoms with Crippen molar-refractivity contribution < 1.29 is 26.5 Å². The Kier molecular flexibility index (Phi) is 5.12. The van der Waals surface area contributed by atoms with E-state index in [1.807, 2.05) is 4.72 Å². The highest BCUT2D eigenvalue weighted by molar-refractivity contribution is 7.89. The van der Waals surface area contributed by atoms with Crippen molar-refractivity contribution in [2.45, 2.75) is 6.18 Å². The van der Waals surface area contributed by atoms with Crippen LogP contribution in [-0.2, 0) is 16.2 Å². The van der Waals surface area contributed by atoms with Crippen LogP contribution in [0.4, 0.5) is 24.5 Å². The van der Waals surface area contributed by atoms with Gasteiger partial charge in [-0.05, 0) is 13.1 Å². The van der Waals surface area contributed by atoms with E-state index in [2.05, 4.69) is 5.32 Å². The van der Waals surface area contributed by atoms with Crippen molar-refractivity contribution in [2.24, 2.45) is 0 Å². The van der Waals surface area contributed by atoms with Crippen LogP contribution in [0, 0.1) is 10.1 Å². The number of non-ortho nitro benzene ring substituents is 1. The average molecular weight is 327 g/mol. The smallest absolute Gasteiger partial charge is 0.383 e. The van der Waals surface area contributed by atoms with Crippen molar-refractivity contribution in [1.82, 2.24) is 4.72 Å². The van der Waals surface area contributed by atoms with Gasteiger partial charge in [-0.3, -0.25) is 10.1 Å². The summed E-state index contributed by atoms with van der Waals surface area (Å²) in [6.07, 6.45) is -4.80. The Morgan fingerprint density at radius 2 is 1.95 bits per heavy atom. The molecule has 0 aliphatic carbocycles. The molecule has 1 rings (SSSR count). The zero-order valence-corrected chi connectivity index (χ0v) is 11.6. The van der Waals surface area contributed by atoms with Crippen molar-refractivity contribution in [2.75, 3.05) is 24.7 Å². The Bertz CT molecular complexity index is 631. The van der Waals surface area contributed by atoms with Gasteiger partial charge >= 0.3 is 6.18 Å². The van der Waals surface area contributed by atoms with Crippen molar-refractivity contribution in [3.05, 3.63) is 33.9 Å². The Hall–Kier alpha value is -1.88. The number of nitrogens with zero attached hydrogens (tertiary/aromatic N) is 1. The van der Waals surface area contributed by atoms with E-state index in [1.165, 1.54) is 7.05 Å². The fourth-order valence-electron chi connectivity index (χ4n) is 1.46. The molecule has 0 spiro atoms. The second-order valence-corrected chi connectivity index (χ2v) is 5.98. The van der Waals surface area contributed by atoms with Crippen LogP contribution >= 0.6 is 0 Å². The number of sulfonamides is 1. The summed E-state index contributed by atoms with van der Waals surface area (Å²) < 4.78 is 62.8. The molecule has 11 heteroatoms. The first-order chi connectivity index (χ1) is 9.57. The molecular weight excluding hydrogens is 315 g/mol. The van der Waals surface area contributed by atoms with E-state index >= 15 is 0 Å². The van der Waals surface area contributed by atoms with E-state index in [0.29, 0.717) is 6.07 Å². The summed E-state index contributed by atoms with van der Waals surface area (Å²) in [5, 5.41) is 12.8. The minimum absolute atomic E-state index is 0.274. The van der Waals surface area contributed by atoms with Crippen molar-refractivity contribution in [1.29, 1.82) is 0 Å². The number of rotatable bonds is 6. The molecule has 0 aliphatic heterocycles. The lowest BCUT2D eigenvalue weighted by atomic mass is 10.1. The molecule has 0 saturated carbocycles. The third-order valence-corrected chi connectivity index (χ3v) is 3.88. The normalized spacial score (nSPS) is 12.2. The average Bonchev–Trinajstić information content (AvgIpc) is 2.37. The molecule has 0 atom stereocenters. The van der Waals surface area contributed by atoms with E-state index in [4.69, 9.17) is 0 Å². The van der Waals surface area contributed by atoms with Gasteiger partial charge in [-0.25, -0.2) is 13.1 Å². The zero-order chi connectivity index (χ0) is 16.3. The summed E-state index contributed by atoms with van der Waals surface area (Å²) in [6, 6.07) is 2.20. The van der Waals surface area contributed by atoms with E-state index in [-0.39, 0.29) is 6.54 Å². The molecule has 0 heterocycles. The van der Waals surface area contributed by atoms with Gasteiger partial charge in [0.25, 0.3) is 5.69 Å². The Morgan fingerprint density at radius 1 is 1.33 bits per heavy atom. The number of hydrogen-bond acceptors (Lipinski definition) is 5. The quantitative estimate of drug-likeness (QED) is 0.610. The lowest BCUT2D eigenvalue weighted by Crippen LogP contribution is -2.26. The maximum Gasteiger partial charge on any atom is 0.418 e. The monoisotopic (exact) mass is 327 g/mol. The minimum atomic E-state index is -4.80. The molecule has 7 nitrogen and oxygen atoms in total. The zero-order valence-electron chi connectivity index (χ0n) is 10.8. The number of halogens is 3. The molecule has 0 saturated heterocycles. The lowest BCUT2D eigenvalue weighted by Gasteiger charge is -2.14. The fourth-order valence-corrected chi connectivity index (χ4v) is 2.03. The number of alkyl halides is 3. The molecule has 0 fully saturated rings. The molecule has 0 aromatic heterocycles. The SMILES string of the molecule is CNS(=O)(=O)CCNc1ccc([N+](=O)[O-])cc1C(F)(F)F. The molecular formula is C10H12F3N3O4S. The number of hydrogen-bond donors (Lipinski definition) is 2. The largest absolute Gasteiger partial charge is 0.418 e. The standard InChI is InChI=1S/C10H12F3N3O4S/c1-14-21(19,20)5-4-15-9-3-2-7(16(17)18)6-8(9)10(11,12)13/h2-3,6,14-15H,4-5H2,1H3. The molecule has 0 amide bonds. The third-order valence-electron chi connectivity index (χ3n) is 2.52. The number of nitro groups is 1. The summed E-state index contributed by atoms with van der Waals surface area (Å²) in [4.78, 5) is 9.57. The van der Waals surface area contributed by atoms with Gasteiger partial charge in [0.05, 0.1) is 16.2 Å². The highest BCUT2D eigenvalue weighted by atomic mass is 32.2. The van der Waals surface area contributed by atoms with Gasteiger partial charge < -0.3 is 5.32 Å². The first-order valence-corrected chi connectivity index (χ1v) is 7.23. The summed E-state index contributed by atoms with van der Waals surface area (Å²) in [5.74, 6) is -0.433. The van der Waals surface area contributed by atoms with Crippen molar-refractivity contribution in [3.8, 4) is 0 Å². The molecule has 118 valence electrons. The number of benzene rings is 1. The molecule has 0 bridgehead atoms. The highest BCUT2D eigenvalue weighted by Crippen LogP contribution is 2.36. The maximum atomic E-state index is 12.8. The summed E-state index contributed by atoms with van der Waals surface area (Å²) in [6.45, 7) is -0.274. The van der Waals surface area contributed by atoms with Gasteiger partial charge in [0.2, 0.25) is 10.0 Å². The van der Waals surface area contributed by atoms with Crippen molar-refractivity contribution in [3.63, 3.8) is 0 Å². The Labute approximate surface area is 118 Å². The Balaban J connectivity index is 2.99. The molecule has 1 aromatic carbocycles. The van der Waals surface area contributed by atoms with Gasteiger partial charge in [0.15, 0.2) is 0 Å². The molecule has 1 aromatic rings. The van der Waals surface area contributed by atoms with Gasteiger partial charge in [-0.1, -0.05) is 0 Å². The number of nitro benzene ring substituents is 1. The maximum absolute atomic E-state index is 12.8. The number of anilines is 1. The first-order valence-electron chi connectivity index (χ1n) is 5.57. The summed E-state index contributed by atoms with van der Waals surface area (Å²) in [7, 11) is -2.38. The van der Waals surface area contributed by atoms with Crippen LogP contribution in [-0.4, -0.2) is 32.7 Å². The van der Waals surface area contributed by atoms with Gasteiger partial charge in [0.1, 0.15) is 0 Å². The molecule has 21 heavy (non-hydrogen) atoms. The summed E-state index contributed by atoms with van der Waals surface area (Å²) >= 11 is 0. The highest BCUT2D eigenvalue weighted by Gasteiger charge is 2.35. The predicted octanol–water partition coefficient (Wildman–Crippen LogP) is 1.57. The third kappa shape index (κ3) is 4.86. The van der Waals surface area contributed by atoms with Crippen LogP contribution < -0.4 is 10.0 Å². The molecule has 2 N–H and O–H groups in total. The van der Waals surface area contributed by atoms with E-state index < -0.39 is 43.8 Å². The number of nitrogens with one attached hydrogen (secondary N) is 2. The van der Waals surface area contributed by atoms with Crippen LogP contribution in [0.5, 0.6) is 0 Å². The predicted molar refractivity (Wildman–Crippen MR) is 69.4 cm³/mol. The second-order valence-electron chi connectivity index (χ2n) is 3.93. The second kappa shape index (κ2) is 6.26. The van der Waals surface area contributed by atoms with Crippen LogP contribution in [0.15, 0.2) is 18.2 Å². The van der Waals surface area contributed by atoms with Gasteiger partial charge in [-0.2, -0.15) is 13.2 Å². The van der Waals surface area contributed by atoms with Crippen LogP contribution in [0.1, 0.15) is 5.56 Å². The first kappa shape index (κ1) is 17.2. The van der Waals surface area contributed by atoms with E-state index in [0.717, 1.165) is 12.1 Å². The topological polar surface area (TPSA) is 101 Å². The van der Waals surface area contributed by atoms with Crippen LogP contribution in [0.25, 0.3) is 0 Å². The van der Waals surface area contributed by atoms with Crippen LogP contribution in [0.3, 0.4) is 0 Å². The van der Waals surface area contributed by atoms with E-state index in [1.54, 1.807) is 0 Å². The fraction of sp³-hybridized carbons (Fsp3) is 0.400.